The summed E-state index contributed by atoms with van der Waals surface area (Å²) in [5, 5.41) is 7.78. The van der Waals surface area contributed by atoms with Gasteiger partial charge in [0.1, 0.15) is 0 Å². The summed E-state index contributed by atoms with van der Waals surface area (Å²) in [5.74, 6) is 0. The highest BCUT2D eigenvalue weighted by molar-refractivity contribution is 5.06. The summed E-state index contributed by atoms with van der Waals surface area (Å²) < 4.78 is 2.06. The molecule has 0 fully saturated rings. The summed E-state index contributed by atoms with van der Waals surface area (Å²) in [6.45, 7) is 10.4. The maximum atomic E-state index is 4.41. The topological polar surface area (TPSA) is 29.9 Å². The van der Waals surface area contributed by atoms with Gasteiger partial charge in [-0.1, -0.05) is 6.92 Å². The van der Waals surface area contributed by atoms with Crippen LogP contribution in [0, 0.1) is 13.8 Å². The first-order valence-electron chi connectivity index (χ1n) is 4.88. The van der Waals surface area contributed by atoms with Gasteiger partial charge in [0.25, 0.3) is 0 Å². The maximum absolute atomic E-state index is 4.41. The summed E-state index contributed by atoms with van der Waals surface area (Å²) in [4.78, 5) is 0. The fourth-order valence-electron chi connectivity index (χ4n) is 1.53. The Morgan fingerprint density at radius 2 is 2.23 bits per heavy atom. The van der Waals surface area contributed by atoms with E-state index >= 15 is 0 Å². The predicted octanol–water partition coefficient (Wildman–Crippen LogP) is 1.50. The molecule has 13 heavy (non-hydrogen) atoms. The van der Waals surface area contributed by atoms with Gasteiger partial charge < -0.3 is 5.32 Å². The van der Waals surface area contributed by atoms with E-state index in [0.29, 0.717) is 6.04 Å². The normalized spacial score (nSPS) is 13.2. The SMILES string of the molecule is CCNC(C)Cn1nc(C)cc1C. The Morgan fingerprint density at radius 3 is 2.69 bits per heavy atom. The van der Waals surface area contributed by atoms with E-state index in [2.05, 4.69) is 41.9 Å². The molecule has 1 atom stereocenters. The van der Waals surface area contributed by atoms with E-state index in [1.165, 1.54) is 5.69 Å². The zero-order valence-electron chi connectivity index (χ0n) is 8.96. The second kappa shape index (κ2) is 4.42. The molecular formula is C10H19N3. The van der Waals surface area contributed by atoms with E-state index in [-0.39, 0.29) is 0 Å². The molecule has 0 saturated carbocycles. The van der Waals surface area contributed by atoms with Crippen LogP contribution in [0.25, 0.3) is 0 Å². The minimum Gasteiger partial charge on any atom is -0.313 e. The molecule has 0 aliphatic rings. The van der Waals surface area contributed by atoms with Gasteiger partial charge in [-0.25, -0.2) is 0 Å². The van der Waals surface area contributed by atoms with E-state index in [0.717, 1.165) is 18.8 Å². The van der Waals surface area contributed by atoms with E-state index in [9.17, 15) is 0 Å². The van der Waals surface area contributed by atoms with Crippen molar-refractivity contribution in [2.75, 3.05) is 6.54 Å². The maximum Gasteiger partial charge on any atom is 0.0596 e. The molecule has 0 radical (unpaired) electrons. The van der Waals surface area contributed by atoms with Gasteiger partial charge in [0.2, 0.25) is 0 Å². The van der Waals surface area contributed by atoms with E-state index in [1.54, 1.807) is 0 Å². The Labute approximate surface area is 80.1 Å². The van der Waals surface area contributed by atoms with Gasteiger partial charge in [-0.2, -0.15) is 5.10 Å². The summed E-state index contributed by atoms with van der Waals surface area (Å²) in [7, 11) is 0. The third-order valence-electron chi connectivity index (χ3n) is 2.10. The number of likely N-dealkylation sites (N-methyl/N-ethyl adjacent to an activating group) is 1. The Kier molecular flexibility index (Phi) is 3.48. The second-order valence-electron chi connectivity index (χ2n) is 3.57. The van der Waals surface area contributed by atoms with Crippen molar-refractivity contribution in [3.05, 3.63) is 17.5 Å². The average molecular weight is 181 g/mol. The highest BCUT2D eigenvalue weighted by Gasteiger charge is 2.04. The summed E-state index contributed by atoms with van der Waals surface area (Å²) >= 11 is 0. The predicted molar refractivity (Wildman–Crippen MR) is 54.8 cm³/mol. The van der Waals surface area contributed by atoms with Gasteiger partial charge in [0.05, 0.1) is 12.2 Å². The molecule has 1 aromatic rings. The molecule has 0 saturated heterocycles. The molecule has 1 unspecified atom stereocenters. The third-order valence-corrected chi connectivity index (χ3v) is 2.10. The molecule has 3 nitrogen and oxygen atoms in total. The first-order chi connectivity index (χ1) is 6.13. The van der Waals surface area contributed by atoms with Crippen molar-refractivity contribution in [1.82, 2.24) is 15.1 Å². The van der Waals surface area contributed by atoms with Gasteiger partial charge >= 0.3 is 0 Å². The zero-order valence-corrected chi connectivity index (χ0v) is 8.96. The molecule has 0 aromatic carbocycles. The van der Waals surface area contributed by atoms with Crippen LogP contribution in [-0.2, 0) is 6.54 Å². The van der Waals surface area contributed by atoms with Crippen molar-refractivity contribution in [1.29, 1.82) is 0 Å². The highest BCUT2D eigenvalue weighted by Crippen LogP contribution is 2.02. The van der Waals surface area contributed by atoms with Crippen LogP contribution in [0.1, 0.15) is 25.2 Å². The second-order valence-corrected chi connectivity index (χ2v) is 3.57. The summed E-state index contributed by atoms with van der Waals surface area (Å²) in [6, 6.07) is 2.60. The number of rotatable bonds is 4. The van der Waals surface area contributed by atoms with E-state index < -0.39 is 0 Å². The summed E-state index contributed by atoms with van der Waals surface area (Å²) in [5.41, 5.74) is 2.34. The van der Waals surface area contributed by atoms with Gasteiger partial charge in [-0.15, -0.1) is 0 Å². The molecule has 1 rings (SSSR count). The molecule has 1 heterocycles. The Hall–Kier alpha value is -0.830. The number of nitrogens with one attached hydrogen (secondary N) is 1. The van der Waals surface area contributed by atoms with Crippen LogP contribution < -0.4 is 5.32 Å². The van der Waals surface area contributed by atoms with Gasteiger partial charge in [-0.3, -0.25) is 4.68 Å². The standard InChI is InChI=1S/C10H19N3/c1-5-11-9(3)7-13-10(4)6-8(2)12-13/h6,9,11H,5,7H2,1-4H3. The van der Waals surface area contributed by atoms with Crippen LogP contribution in [0.5, 0.6) is 0 Å². The lowest BCUT2D eigenvalue weighted by atomic mass is 10.3. The largest absolute Gasteiger partial charge is 0.313 e. The highest BCUT2D eigenvalue weighted by atomic mass is 15.3. The lowest BCUT2D eigenvalue weighted by Gasteiger charge is -2.13. The van der Waals surface area contributed by atoms with Crippen LogP contribution in [0.15, 0.2) is 6.07 Å². The monoisotopic (exact) mass is 181 g/mol. The molecule has 1 N–H and O–H groups in total. The van der Waals surface area contributed by atoms with Crippen molar-refractivity contribution in [3.8, 4) is 0 Å². The van der Waals surface area contributed by atoms with Crippen LogP contribution in [-0.4, -0.2) is 22.4 Å². The molecule has 0 aliphatic heterocycles. The van der Waals surface area contributed by atoms with Gasteiger partial charge in [0.15, 0.2) is 0 Å². The number of hydrogen-bond acceptors (Lipinski definition) is 2. The first kappa shape index (κ1) is 10.3. The van der Waals surface area contributed by atoms with Gasteiger partial charge in [-0.05, 0) is 33.4 Å². The van der Waals surface area contributed by atoms with Crippen LogP contribution in [0.4, 0.5) is 0 Å². The molecule has 74 valence electrons. The Morgan fingerprint density at radius 1 is 1.54 bits per heavy atom. The number of aromatic nitrogens is 2. The smallest absolute Gasteiger partial charge is 0.0596 e. The lowest BCUT2D eigenvalue weighted by Crippen LogP contribution is -2.30. The number of hydrogen-bond donors (Lipinski definition) is 1. The minimum atomic E-state index is 0.489. The number of nitrogens with zero attached hydrogens (tertiary/aromatic N) is 2. The minimum absolute atomic E-state index is 0.489. The number of aryl methyl sites for hydroxylation is 2. The molecule has 0 amide bonds. The van der Waals surface area contributed by atoms with Crippen LogP contribution in [0.2, 0.25) is 0 Å². The van der Waals surface area contributed by atoms with Crippen LogP contribution in [0.3, 0.4) is 0 Å². The average Bonchev–Trinajstić information content (AvgIpc) is 2.30. The third kappa shape index (κ3) is 2.84. The fraction of sp³-hybridized carbons (Fsp3) is 0.700. The van der Waals surface area contributed by atoms with Crippen molar-refractivity contribution < 1.29 is 0 Å². The molecule has 0 spiro atoms. The first-order valence-corrected chi connectivity index (χ1v) is 4.88. The Bertz CT molecular complexity index is 265. The zero-order chi connectivity index (χ0) is 9.84. The quantitative estimate of drug-likeness (QED) is 0.763. The fourth-order valence-corrected chi connectivity index (χ4v) is 1.53. The van der Waals surface area contributed by atoms with Gasteiger partial charge in [0, 0.05) is 11.7 Å². The van der Waals surface area contributed by atoms with Crippen LogP contribution >= 0.6 is 0 Å². The summed E-state index contributed by atoms with van der Waals surface area (Å²) in [6.07, 6.45) is 0. The van der Waals surface area contributed by atoms with Crippen molar-refractivity contribution in [2.45, 2.75) is 40.3 Å². The van der Waals surface area contributed by atoms with Crippen molar-refractivity contribution >= 4 is 0 Å². The molecule has 3 heteroatoms. The molecule has 1 aromatic heterocycles. The van der Waals surface area contributed by atoms with Crippen molar-refractivity contribution in [2.24, 2.45) is 0 Å². The molecular weight excluding hydrogens is 162 g/mol. The van der Waals surface area contributed by atoms with E-state index in [1.807, 2.05) is 6.92 Å². The van der Waals surface area contributed by atoms with Crippen molar-refractivity contribution in [3.63, 3.8) is 0 Å². The molecule has 0 bridgehead atoms. The van der Waals surface area contributed by atoms with E-state index in [4.69, 9.17) is 0 Å². The Balaban J connectivity index is 2.57. The molecule has 0 aliphatic carbocycles. The lowest BCUT2D eigenvalue weighted by molar-refractivity contribution is 0.454.